The number of hydrogen-bond acceptors (Lipinski definition) is 5. The van der Waals surface area contributed by atoms with E-state index in [1.165, 1.54) is 0 Å². The number of amides is 2. The summed E-state index contributed by atoms with van der Waals surface area (Å²) >= 11 is 0. The molecule has 0 atom stereocenters. The van der Waals surface area contributed by atoms with E-state index in [0.717, 1.165) is 35.5 Å². The highest BCUT2D eigenvalue weighted by molar-refractivity contribution is 5.94. The summed E-state index contributed by atoms with van der Waals surface area (Å²) in [6.07, 6.45) is 0. The molecular weight excluding hydrogens is 454 g/mol. The maximum absolute atomic E-state index is 12.7. The van der Waals surface area contributed by atoms with Gasteiger partial charge in [-0.25, -0.2) is 4.98 Å². The van der Waals surface area contributed by atoms with Gasteiger partial charge in [-0.1, -0.05) is 36.4 Å². The number of aryl methyl sites for hydroxylation is 1. The number of anilines is 1. The molecule has 0 saturated carbocycles. The number of aromatic nitrogens is 2. The number of fused-ring (bicyclic) bond motifs is 1. The van der Waals surface area contributed by atoms with Crippen LogP contribution < -0.4 is 10.1 Å². The second-order valence-electron chi connectivity index (χ2n) is 8.87. The number of nitrogens with one attached hydrogen (secondary N) is 1. The van der Waals surface area contributed by atoms with Gasteiger partial charge in [-0.3, -0.25) is 14.5 Å². The van der Waals surface area contributed by atoms with E-state index >= 15 is 0 Å². The molecule has 0 bridgehead atoms. The summed E-state index contributed by atoms with van der Waals surface area (Å²) in [5.74, 6) is 1.46. The standard InChI is InChI=1S/C28H29N5O3/c1-31-25-13-12-22(29-27(34)20-36-23-10-6-3-7-11-23)18-24(25)30-26(31)19-32-14-16-33(17-15-32)28(35)21-8-4-2-5-9-21/h2-13,18H,14-17,19-20H2,1H3,(H,29,34). The lowest BCUT2D eigenvalue weighted by molar-refractivity contribution is -0.118. The molecule has 1 aliphatic heterocycles. The molecule has 2 amide bonds. The normalized spacial score (nSPS) is 14.1. The Hall–Kier alpha value is -4.17. The van der Waals surface area contributed by atoms with E-state index in [9.17, 15) is 9.59 Å². The Labute approximate surface area is 210 Å². The van der Waals surface area contributed by atoms with Gasteiger partial charge < -0.3 is 19.5 Å². The molecule has 184 valence electrons. The van der Waals surface area contributed by atoms with Crippen molar-refractivity contribution in [3.05, 3.63) is 90.3 Å². The molecule has 1 aromatic heterocycles. The summed E-state index contributed by atoms with van der Waals surface area (Å²) < 4.78 is 7.61. The molecule has 36 heavy (non-hydrogen) atoms. The first-order valence-electron chi connectivity index (χ1n) is 12.1. The van der Waals surface area contributed by atoms with Gasteiger partial charge in [0.25, 0.3) is 11.8 Å². The van der Waals surface area contributed by atoms with Gasteiger partial charge in [0.15, 0.2) is 6.61 Å². The van der Waals surface area contributed by atoms with Crippen molar-refractivity contribution in [2.45, 2.75) is 6.54 Å². The number of nitrogens with zero attached hydrogens (tertiary/aromatic N) is 4. The van der Waals surface area contributed by atoms with Crippen LogP contribution in [0.4, 0.5) is 5.69 Å². The first-order valence-corrected chi connectivity index (χ1v) is 12.1. The largest absolute Gasteiger partial charge is 0.484 e. The average molecular weight is 484 g/mol. The summed E-state index contributed by atoms with van der Waals surface area (Å²) in [7, 11) is 2.01. The van der Waals surface area contributed by atoms with Gasteiger partial charge in [-0.2, -0.15) is 0 Å². The Bertz CT molecular complexity index is 1350. The minimum absolute atomic E-state index is 0.0612. The molecule has 8 heteroatoms. The first-order chi connectivity index (χ1) is 17.6. The molecule has 8 nitrogen and oxygen atoms in total. The van der Waals surface area contributed by atoms with Crippen LogP contribution in [0.25, 0.3) is 11.0 Å². The zero-order valence-corrected chi connectivity index (χ0v) is 20.3. The van der Waals surface area contributed by atoms with Crippen LogP contribution in [-0.4, -0.2) is 64.0 Å². The SMILES string of the molecule is Cn1c(CN2CCN(C(=O)c3ccccc3)CC2)nc2cc(NC(=O)COc3ccccc3)ccc21. The Morgan fingerprint density at radius 2 is 1.61 bits per heavy atom. The minimum atomic E-state index is -0.225. The van der Waals surface area contributed by atoms with Gasteiger partial charge in [0, 0.05) is 44.5 Å². The molecule has 4 aromatic rings. The summed E-state index contributed by atoms with van der Waals surface area (Å²) in [5.41, 5.74) is 3.24. The lowest BCUT2D eigenvalue weighted by atomic mass is 10.2. The van der Waals surface area contributed by atoms with Crippen molar-refractivity contribution in [1.29, 1.82) is 0 Å². The van der Waals surface area contributed by atoms with Crippen LogP contribution in [0.2, 0.25) is 0 Å². The van der Waals surface area contributed by atoms with Crippen molar-refractivity contribution in [1.82, 2.24) is 19.4 Å². The van der Waals surface area contributed by atoms with Crippen LogP contribution in [-0.2, 0) is 18.4 Å². The van der Waals surface area contributed by atoms with Crippen molar-refractivity contribution in [3.8, 4) is 5.75 Å². The summed E-state index contributed by atoms with van der Waals surface area (Å²) in [4.78, 5) is 34.1. The highest BCUT2D eigenvalue weighted by Crippen LogP contribution is 2.21. The quantitative estimate of drug-likeness (QED) is 0.435. The number of rotatable bonds is 7. The van der Waals surface area contributed by atoms with Gasteiger partial charge in [-0.05, 0) is 42.5 Å². The zero-order valence-electron chi connectivity index (χ0n) is 20.3. The van der Waals surface area contributed by atoms with Gasteiger partial charge in [0.05, 0.1) is 17.6 Å². The summed E-state index contributed by atoms with van der Waals surface area (Å²) in [6.45, 7) is 3.62. The van der Waals surface area contributed by atoms with E-state index in [1.54, 1.807) is 0 Å². The van der Waals surface area contributed by atoms with E-state index < -0.39 is 0 Å². The van der Waals surface area contributed by atoms with Gasteiger partial charge in [0.1, 0.15) is 11.6 Å². The number of imidazole rings is 1. The van der Waals surface area contributed by atoms with E-state index in [2.05, 4.69) is 14.8 Å². The zero-order chi connectivity index (χ0) is 24.9. The molecule has 1 fully saturated rings. The van der Waals surface area contributed by atoms with E-state index in [4.69, 9.17) is 9.72 Å². The fourth-order valence-corrected chi connectivity index (χ4v) is 4.40. The summed E-state index contributed by atoms with van der Waals surface area (Å²) in [6, 6.07) is 24.4. The van der Waals surface area contributed by atoms with Crippen LogP contribution in [0.5, 0.6) is 5.75 Å². The van der Waals surface area contributed by atoms with Crippen molar-refractivity contribution in [2.75, 3.05) is 38.1 Å². The van der Waals surface area contributed by atoms with Crippen LogP contribution in [0.15, 0.2) is 78.9 Å². The van der Waals surface area contributed by atoms with E-state index in [-0.39, 0.29) is 18.4 Å². The fraction of sp³-hybridized carbons (Fsp3) is 0.250. The third kappa shape index (κ3) is 5.39. The number of ether oxygens (including phenoxy) is 1. The smallest absolute Gasteiger partial charge is 0.262 e. The maximum Gasteiger partial charge on any atom is 0.262 e. The molecule has 1 aliphatic rings. The Balaban J connectivity index is 1.18. The topological polar surface area (TPSA) is 79.7 Å². The number of piperazine rings is 1. The van der Waals surface area contributed by atoms with E-state index in [1.807, 2.05) is 90.8 Å². The molecular formula is C28H29N5O3. The molecule has 0 aliphatic carbocycles. The third-order valence-electron chi connectivity index (χ3n) is 6.42. The molecule has 3 aromatic carbocycles. The molecule has 0 radical (unpaired) electrons. The monoisotopic (exact) mass is 483 g/mol. The van der Waals surface area contributed by atoms with Crippen molar-refractivity contribution in [3.63, 3.8) is 0 Å². The Morgan fingerprint density at radius 1 is 0.917 bits per heavy atom. The van der Waals surface area contributed by atoms with E-state index in [0.29, 0.717) is 31.1 Å². The second kappa shape index (κ2) is 10.6. The predicted octanol–water partition coefficient (Wildman–Crippen LogP) is 3.55. The average Bonchev–Trinajstić information content (AvgIpc) is 3.22. The first kappa shape index (κ1) is 23.6. The number of carbonyl (C=O) groups excluding carboxylic acids is 2. The minimum Gasteiger partial charge on any atom is -0.484 e. The molecule has 1 saturated heterocycles. The predicted molar refractivity (Wildman–Crippen MR) is 139 cm³/mol. The van der Waals surface area contributed by atoms with Crippen LogP contribution >= 0.6 is 0 Å². The highest BCUT2D eigenvalue weighted by atomic mass is 16.5. The van der Waals surface area contributed by atoms with Gasteiger partial charge in [-0.15, -0.1) is 0 Å². The molecule has 0 spiro atoms. The molecule has 2 heterocycles. The molecule has 1 N–H and O–H groups in total. The third-order valence-corrected chi connectivity index (χ3v) is 6.42. The van der Waals surface area contributed by atoms with Crippen LogP contribution in [0.1, 0.15) is 16.2 Å². The van der Waals surface area contributed by atoms with Gasteiger partial charge in [0.2, 0.25) is 0 Å². The number of carbonyl (C=O) groups is 2. The number of benzene rings is 3. The molecule has 5 rings (SSSR count). The van der Waals surface area contributed by atoms with Crippen LogP contribution in [0, 0.1) is 0 Å². The maximum atomic E-state index is 12.7. The summed E-state index contributed by atoms with van der Waals surface area (Å²) in [5, 5.41) is 2.88. The van der Waals surface area contributed by atoms with Crippen molar-refractivity contribution < 1.29 is 14.3 Å². The Kier molecular flexibility index (Phi) is 6.95. The molecule has 0 unspecified atom stereocenters. The number of hydrogen-bond donors (Lipinski definition) is 1. The second-order valence-corrected chi connectivity index (χ2v) is 8.87. The lowest BCUT2D eigenvalue weighted by Crippen LogP contribution is -2.48. The number of para-hydroxylation sites is 1. The van der Waals surface area contributed by atoms with Crippen molar-refractivity contribution >= 4 is 28.5 Å². The van der Waals surface area contributed by atoms with Gasteiger partial charge >= 0.3 is 0 Å². The van der Waals surface area contributed by atoms with Crippen molar-refractivity contribution in [2.24, 2.45) is 7.05 Å². The lowest BCUT2D eigenvalue weighted by Gasteiger charge is -2.34. The highest BCUT2D eigenvalue weighted by Gasteiger charge is 2.23. The Morgan fingerprint density at radius 3 is 2.33 bits per heavy atom. The van der Waals surface area contributed by atoms with Crippen LogP contribution in [0.3, 0.4) is 0 Å². The fourth-order valence-electron chi connectivity index (χ4n) is 4.40.